The zero-order valence-electron chi connectivity index (χ0n) is 31.6. The molecule has 1 aliphatic carbocycles. The molecule has 8 atom stereocenters. The maximum atomic E-state index is 15.1. The molecule has 2 aromatic carbocycles. The van der Waals surface area contributed by atoms with Gasteiger partial charge in [0.15, 0.2) is 11.6 Å². The Kier molecular flexibility index (Phi) is 9.35. The van der Waals surface area contributed by atoms with Crippen molar-refractivity contribution in [1.29, 1.82) is 0 Å². The van der Waals surface area contributed by atoms with Gasteiger partial charge in [-0.1, -0.05) is 75.7 Å². The molecule has 9 nitrogen and oxygen atoms in total. The number of aliphatic hydroxyl groups is 1. The lowest BCUT2D eigenvalue weighted by atomic mass is 9.68. The summed E-state index contributed by atoms with van der Waals surface area (Å²) in [5.74, 6) is -4.69. The highest BCUT2D eigenvalue weighted by molar-refractivity contribution is 6.03. The van der Waals surface area contributed by atoms with Gasteiger partial charge in [-0.2, -0.15) is 0 Å². The van der Waals surface area contributed by atoms with Crippen LogP contribution in [-0.4, -0.2) is 86.3 Å². The van der Waals surface area contributed by atoms with Crippen LogP contribution in [-0.2, 0) is 43.3 Å². The average Bonchev–Trinajstić information content (AvgIpc) is 3.86. The van der Waals surface area contributed by atoms with Crippen LogP contribution in [0.4, 0.5) is 0 Å². The van der Waals surface area contributed by atoms with E-state index < -0.39 is 35.2 Å². The first-order valence-corrected chi connectivity index (χ1v) is 19.9. The summed E-state index contributed by atoms with van der Waals surface area (Å²) < 4.78 is 9.09. The first-order valence-electron chi connectivity index (χ1n) is 19.9. The molecule has 280 valence electrons. The number of fused-ring (bicyclic) bond motifs is 5. The zero-order chi connectivity index (χ0) is 37.2. The van der Waals surface area contributed by atoms with Gasteiger partial charge in [0, 0.05) is 68.0 Å². The summed E-state index contributed by atoms with van der Waals surface area (Å²) in [5, 5.41) is 13.8. The summed E-state index contributed by atoms with van der Waals surface area (Å²) in [4.78, 5) is 59.9. The van der Waals surface area contributed by atoms with Crippen molar-refractivity contribution in [2.45, 2.75) is 109 Å². The molecule has 1 N–H and O–H groups in total. The molecule has 4 aliphatic heterocycles. The Morgan fingerprint density at radius 2 is 1.87 bits per heavy atom. The van der Waals surface area contributed by atoms with Crippen LogP contribution in [0.3, 0.4) is 0 Å². The number of amides is 1. The van der Waals surface area contributed by atoms with E-state index in [9.17, 15) is 19.5 Å². The molecule has 3 saturated heterocycles. The van der Waals surface area contributed by atoms with Gasteiger partial charge in [-0.25, -0.2) is 0 Å². The highest BCUT2D eigenvalue weighted by Crippen LogP contribution is 2.55. The molecule has 1 aromatic heterocycles. The molecule has 1 amide bonds. The fourth-order valence-corrected chi connectivity index (χ4v) is 10.5. The van der Waals surface area contributed by atoms with Crippen LogP contribution in [0.2, 0.25) is 0 Å². The number of aromatic nitrogens is 1. The molecule has 3 fully saturated rings. The summed E-state index contributed by atoms with van der Waals surface area (Å²) in [5.41, 5.74) is 4.09. The van der Waals surface area contributed by atoms with Gasteiger partial charge in [0.05, 0.1) is 17.9 Å². The SMILES string of the molecule is CCC(=O)CCCn1cc2c3c(cccc31)C1=C[C@@H](C(=O)C[C@]3(C(C)CC)O[C@]4(O)C(C3=O)[C@@H](Cc3ccccc3)C(=O)N3CCC[C@H]34)CN(C)[C@@H]1C2. The number of rotatable bonds is 12. The Balaban J connectivity index is 1.12. The van der Waals surface area contributed by atoms with E-state index in [1.807, 2.05) is 51.1 Å². The Labute approximate surface area is 312 Å². The molecule has 3 aromatic rings. The van der Waals surface area contributed by atoms with Crippen molar-refractivity contribution in [3.63, 3.8) is 0 Å². The minimum absolute atomic E-state index is 0.0796. The van der Waals surface area contributed by atoms with Crippen LogP contribution in [0, 0.1) is 23.7 Å². The van der Waals surface area contributed by atoms with Crippen molar-refractivity contribution in [3.05, 3.63) is 77.5 Å². The lowest BCUT2D eigenvalue weighted by Gasteiger charge is -2.47. The van der Waals surface area contributed by atoms with Crippen LogP contribution in [0.5, 0.6) is 0 Å². The van der Waals surface area contributed by atoms with Gasteiger partial charge in [-0.3, -0.25) is 24.1 Å². The van der Waals surface area contributed by atoms with Crippen molar-refractivity contribution >= 4 is 39.7 Å². The first-order chi connectivity index (χ1) is 25.5. The van der Waals surface area contributed by atoms with Crippen molar-refractivity contribution in [3.8, 4) is 0 Å². The van der Waals surface area contributed by atoms with E-state index >= 15 is 4.79 Å². The lowest BCUT2D eigenvalue weighted by Crippen LogP contribution is -2.64. The van der Waals surface area contributed by atoms with Crippen LogP contribution in [0.25, 0.3) is 16.5 Å². The van der Waals surface area contributed by atoms with Gasteiger partial charge in [-0.05, 0) is 73.4 Å². The molecule has 0 radical (unpaired) electrons. The molecule has 5 heterocycles. The van der Waals surface area contributed by atoms with E-state index in [4.69, 9.17) is 4.74 Å². The average molecular weight is 720 g/mol. The van der Waals surface area contributed by atoms with Crippen LogP contribution >= 0.6 is 0 Å². The van der Waals surface area contributed by atoms with Crippen molar-refractivity contribution in [2.24, 2.45) is 23.7 Å². The van der Waals surface area contributed by atoms with Gasteiger partial charge >= 0.3 is 0 Å². The molecule has 53 heavy (non-hydrogen) atoms. The summed E-state index contributed by atoms with van der Waals surface area (Å²) in [6.07, 6.45) is 9.21. The topological polar surface area (TPSA) is 109 Å². The second-order valence-electron chi connectivity index (χ2n) is 16.5. The second kappa shape index (κ2) is 13.7. The monoisotopic (exact) mass is 719 g/mol. The normalized spacial score (nSPS) is 31.3. The van der Waals surface area contributed by atoms with Crippen molar-refractivity contribution in [2.75, 3.05) is 20.1 Å². The predicted octanol–water partition coefficient (Wildman–Crippen LogP) is 5.78. The van der Waals surface area contributed by atoms with Crippen LogP contribution in [0.1, 0.15) is 82.4 Å². The number of hydrogen-bond donors (Lipinski definition) is 1. The van der Waals surface area contributed by atoms with Gasteiger partial charge in [0.1, 0.15) is 17.2 Å². The largest absolute Gasteiger partial charge is 0.363 e. The third-order valence-corrected chi connectivity index (χ3v) is 13.5. The number of carbonyl (C=O) groups is 4. The number of benzene rings is 2. The van der Waals surface area contributed by atoms with Gasteiger partial charge < -0.3 is 19.3 Å². The number of hydrogen-bond acceptors (Lipinski definition) is 7. The standard InChI is InChI=1S/C44H53N3O6/c1-5-27(3)43(41(50)40-34(21-28-13-8-7-9-14-28)42(51)47-20-12-18-38(47)44(40,52)53-43)24-37(49)29-22-33-32-16-10-17-35-39(32)30(23-36(33)45(4)25-29)26-46(35)19-11-15-31(48)6-2/h7-10,13-14,16-17,22,26-27,29,34,36,38,40,52H,5-6,11-12,15,18-21,23-25H2,1-4H3/t27?,29-,34-,36-,38+,40?,43-,44+/m1/s1. The maximum absolute atomic E-state index is 15.1. The number of aryl methyl sites for hydroxylation is 1. The summed E-state index contributed by atoms with van der Waals surface area (Å²) in [6, 6.07) is 15.5. The first kappa shape index (κ1) is 36.1. The zero-order valence-corrected chi connectivity index (χ0v) is 31.6. The van der Waals surface area contributed by atoms with E-state index in [1.54, 1.807) is 4.90 Å². The molecule has 5 aliphatic rings. The van der Waals surface area contributed by atoms with E-state index in [0.29, 0.717) is 45.2 Å². The molecule has 8 rings (SSSR count). The van der Waals surface area contributed by atoms with Crippen molar-refractivity contribution < 1.29 is 29.0 Å². The van der Waals surface area contributed by atoms with Crippen LogP contribution < -0.4 is 0 Å². The highest BCUT2D eigenvalue weighted by atomic mass is 16.7. The fraction of sp³-hybridized carbons (Fsp3) is 0.545. The smallest absolute Gasteiger partial charge is 0.227 e. The number of nitrogens with zero attached hydrogens (tertiary/aromatic N) is 3. The van der Waals surface area contributed by atoms with E-state index in [1.165, 1.54) is 10.9 Å². The Hall–Kier alpha value is -3.92. The molecule has 0 spiro atoms. The lowest BCUT2D eigenvalue weighted by molar-refractivity contribution is -0.286. The van der Waals surface area contributed by atoms with Crippen molar-refractivity contribution in [1.82, 2.24) is 14.4 Å². The highest BCUT2D eigenvalue weighted by Gasteiger charge is 2.72. The van der Waals surface area contributed by atoms with Gasteiger partial charge in [0.25, 0.3) is 0 Å². The Morgan fingerprint density at radius 1 is 1.08 bits per heavy atom. The van der Waals surface area contributed by atoms with Gasteiger partial charge in [-0.15, -0.1) is 0 Å². The summed E-state index contributed by atoms with van der Waals surface area (Å²) in [7, 11) is 2.07. The van der Waals surface area contributed by atoms with E-state index in [0.717, 1.165) is 48.0 Å². The number of likely N-dealkylation sites (N-methyl/N-ethyl adjacent to an activating group) is 1. The van der Waals surface area contributed by atoms with E-state index in [2.05, 4.69) is 47.0 Å². The molecule has 9 heteroatoms. The molecular formula is C44H53N3O6. The minimum atomic E-state index is -1.86. The van der Waals surface area contributed by atoms with E-state index in [-0.39, 0.29) is 41.6 Å². The predicted molar refractivity (Wildman–Crippen MR) is 203 cm³/mol. The fourth-order valence-electron chi connectivity index (χ4n) is 10.5. The quantitative estimate of drug-likeness (QED) is 0.253. The summed E-state index contributed by atoms with van der Waals surface area (Å²) in [6.45, 7) is 7.67. The molecule has 0 saturated carbocycles. The third-order valence-electron chi connectivity index (χ3n) is 13.5. The number of piperidine rings is 1. The number of Topliss-reactive ketones (excluding diaryl/α,β-unsaturated/α-hetero) is 3. The molecule has 2 unspecified atom stereocenters. The van der Waals surface area contributed by atoms with Gasteiger partial charge in [0.2, 0.25) is 5.91 Å². The summed E-state index contributed by atoms with van der Waals surface area (Å²) >= 11 is 0. The number of carbonyl (C=O) groups excluding carboxylic acids is 4. The number of ether oxygens (including phenoxy) is 1. The molecular weight excluding hydrogens is 666 g/mol. The third kappa shape index (κ3) is 5.76. The van der Waals surface area contributed by atoms with Crippen LogP contribution in [0.15, 0.2) is 60.8 Å². The Morgan fingerprint density at radius 3 is 2.62 bits per heavy atom. The Bertz CT molecular complexity index is 1980. The minimum Gasteiger partial charge on any atom is -0.363 e. The number of ketones is 3. The second-order valence-corrected chi connectivity index (χ2v) is 16.5. The maximum Gasteiger partial charge on any atom is 0.227 e. The molecule has 0 bridgehead atoms.